The lowest BCUT2D eigenvalue weighted by molar-refractivity contribution is -0.114. The Morgan fingerprint density at radius 3 is 2.40 bits per heavy atom. The first-order chi connectivity index (χ1) is 9.61. The molecule has 2 heteroatoms. The molecule has 0 spiro atoms. The van der Waals surface area contributed by atoms with Crippen LogP contribution in [0.1, 0.15) is 25.0 Å². The van der Waals surface area contributed by atoms with Crippen LogP contribution in [-0.4, -0.2) is 5.12 Å². The molecule has 1 nitrogen and oxygen atoms in total. The Labute approximate surface area is 123 Å². The molecule has 0 amide bonds. The molecule has 0 bridgehead atoms. The molecule has 2 aromatic carbocycles. The number of hydrogen-bond acceptors (Lipinski definition) is 2. The number of carbonyl (C=O) groups excluding carboxylic acids is 1. The molecule has 3 rings (SSSR count). The standard InChI is InChI=1S/C18H16OS/c1-13-12-18(2,16-11-7-6-10-15(13)16)17(19)20-14-8-4-3-5-9-14/h3-12H,1-2H3. The summed E-state index contributed by atoms with van der Waals surface area (Å²) in [5, 5.41) is 0.174. The molecule has 2 aromatic rings. The van der Waals surface area contributed by atoms with E-state index in [1.807, 2.05) is 49.4 Å². The van der Waals surface area contributed by atoms with Crippen molar-refractivity contribution in [2.45, 2.75) is 24.2 Å². The minimum atomic E-state index is -0.527. The number of hydrogen-bond donors (Lipinski definition) is 0. The van der Waals surface area contributed by atoms with Crippen molar-refractivity contribution in [3.8, 4) is 0 Å². The number of carbonyl (C=O) groups is 1. The predicted octanol–water partition coefficient (Wildman–Crippen LogP) is 4.68. The number of benzene rings is 2. The average molecular weight is 280 g/mol. The Hall–Kier alpha value is -1.80. The lowest BCUT2D eigenvalue weighted by atomic mass is 9.86. The Kier molecular flexibility index (Phi) is 3.27. The molecule has 1 unspecified atom stereocenters. The summed E-state index contributed by atoms with van der Waals surface area (Å²) in [5.41, 5.74) is 2.97. The van der Waals surface area contributed by atoms with Gasteiger partial charge in [-0.3, -0.25) is 4.79 Å². The summed E-state index contributed by atoms with van der Waals surface area (Å²) in [7, 11) is 0. The van der Waals surface area contributed by atoms with Crippen molar-refractivity contribution < 1.29 is 4.79 Å². The first-order valence-electron chi connectivity index (χ1n) is 6.68. The number of allylic oxidation sites excluding steroid dienone is 2. The highest BCUT2D eigenvalue weighted by Crippen LogP contribution is 2.44. The zero-order valence-corrected chi connectivity index (χ0v) is 12.4. The largest absolute Gasteiger partial charge is 0.285 e. The lowest BCUT2D eigenvalue weighted by Gasteiger charge is -2.21. The summed E-state index contributed by atoms with van der Waals surface area (Å²) >= 11 is 1.32. The van der Waals surface area contributed by atoms with Crippen molar-refractivity contribution >= 4 is 22.5 Å². The molecule has 0 aromatic heterocycles. The summed E-state index contributed by atoms with van der Waals surface area (Å²) in [4.78, 5) is 13.8. The normalized spacial score (nSPS) is 20.4. The fourth-order valence-electron chi connectivity index (χ4n) is 2.74. The smallest absolute Gasteiger partial charge is 0.207 e. The van der Waals surface area contributed by atoms with Gasteiger partial charge in [-0.25, -0.2) is 0 Å². The highest BCUT2D eigenvalue weighted by Gasteiger charge is 2.39. The molecule has 0 fully saturated rings. The maximum Gasteiger partial charge on any atom is 0.207 e. The van der Waals surface area contributed by atoms with Gasteiger partial charge in [0, 0.05) is 4.90 Å². The van der Waals surface area contributed by atoms with E-state index in [4.69, 9.17) is 0 Å². The zero-order chi connectivity index (χ0) is 14.2. The molecule has 0 N–H and O–H groups in total. The van der Waals surface area contributed by atoms with Gasteiger partial charge in [0.1, 0.15) is 0 Å². The molecule has 0 radical (unpaired) electrons. The Balaban J connectivity index is 1.96. The van der Waals surface area contributed by atoms with E-state index in [0.29, 0.717) is 0 Å². The summed E-state index contributed by atoms with van der Waals surface area (Å²) in [5.74, 6) is 0. The molecule has 0 saturated heterocycles. The third kappa shape index (κ3) is 2.10. The monoisotopic (exact) mass is 280 g/mol. The molecule has 1 atom stereocenters. The summed E-state index contributed by atoms with van der Waals surface area (Å²) in [6.45, 7) is 4.09. The number of fused-ring (bicyclic) bond motifs is 1. The van der Waals surface area contributed by atoms with E-state index in [2.05, 4.69) is 25.1 Å². The third-order valence-electron chi connectivity index (χ3n) is 3.79. The van der Waals surface area contributed by atoms with Gasteiger partial charge in [-0.15, -0.1) is 0 Å². The molecule has 0 heterocycles. The Morgan fingerprint density at radius 1 is 1.00 bits per heavy atom. The average Bonchev–Trinajstić information content (AvgIpc) is 2.74. The van der Waals surface area contributed by atoms with E-state index in [1.54, 1.807) is 0 Å². The molecule has 1 aliphatic rings. The summed E-state index contributed by atoms with van der Waals surface area (Å²) in [6.07, 6.45) is 2.09. The second-order valence-electron chi connectivity index (χ2n) is 5.28. The van der Waals surface area contributed by atoms with E-state index in [0.717, 1.165) is 10.5 Å². The van der Waals surface area contributed by atoms with E-state index in [1.165, 1.54) is 22.9 Å². The van der Waals surface area contributed by atoms with Crippen LogP contribution < -0.4 is 0 Å². The van der Waals surface area contributed by atoms with Crippen molar-refractivity contribution in [3.63, 3.8) is 0 Å². The van der Waals surface area contributed by atoms with Crippen LogP contribution in [0.4, 0.5) is 0 Å². The van der Waals surface area contributed by atoms with Crippen LogP contribution in [0.3, 0.4) is 0 Å². The molecular formula is C18H16OS. The van der Waals surface area contributed by atoms with Crippen LogP contribution in [-0.2, 0) is 10.2 Å². The highest BCUT2D eigenvalue weighted by molar-refractivity contribution is 8.13. The molecule has 0 aliphatic heterocycles. The highest BCUT2D eigenvalue weighted by atomic mass is 32.2. The van der Waals surface area contributed by atoms with E-state index in [-0.39, 0.29) is 5.12 Å². The van der Waals surface area contributed by atoms with Gasteiger partial charge in [0.2, 0.25) is 5.12 Å². The van der Waals surface area contributed by atoms with Gasteiger partial charge in [-0.2, -0.15) is 0 Å². The molecule has 20 heavy (non-hydrogen) atoms. The van der Waals surface area contributed by atoms with Gasteiger partial charge in [0.15, 0.2) is 0 Å². The second-order valence-corrected chi connectivity index (χ2v) is 6.32. The minimum absolute atomic E-state index is 0.174. The molecular weight excluding hydrogens is 264 g/mol. The van der Waals surface area contributed by atoms with Crippen LogP contribution in [0.2, 0.25) is 0 Å². The van der Waals surface area contributed by atoms with Gasteiger partial charge in [0.25, 0.3) is 0 Å². The van der Waals surface area contributed by atoms with Crippen LogP contribution in [0, 0.1) is 0 Å². The van der Waals surface area contributed by atoms with Crippen LogP contribution in [0.15, 0.2) is 65.6 Å². The van der Waals surface area contributed by atoms with Crippen molar-refractivity contribution in [1.82, 2.24) is 0 Å². The predicted molar refractivity (Wildman–Crippen MR) is 84.8 cm³/mol. The Bertz CT molecular complexity index is 688. The van der Waals surface area contributed by atoms with Crippen molar-refractivity contribution in [2.75, 3.05) is 0 Å². The van der Waals surface area contributed by atoms with Gasteiger partial charge in [0.05, 0.1) is 5.41 Å². The SMILES string of the molecule is CC1=CC(C)(C(=O)Sc2ccccc2)c2ccccc21. The van der Waals surface area contributed by atoms with Gasteiger partial charge in [-0.05, 0) is 42.7 Å². The van der Waals surface area contributed by atoms with Crippen LogP contribution >= 0.6 is 11.8 Å². The van der Waals surface area contributed by atoms with Crippen molar-refractivity contribution in [2.24, 2.45) is 0 Å². The fourth-order valence-corrected chi connectivity index (χ4v) is 3.63. The second kappa shape index (κ2) is 4.95. The lowest BCUT2D eigenvalue weighted by Crippen LogP contribution is -2.26. The van der Waals surface area contributed by atoms with Crippen molar-refractivity contribution in [3.05, 3.63) is 71.8 Å². The fraction of sp³-hybridized carbons (Fsp3) is 0.167. The summed E-state index contributed by atoms with van der Waals surface area (Å²) in [6, 6.07) is 18.0. The maximum absolute atomic E-state index is 12.8. The first-order valence-corrected chi connectivity index (χ1v) is 7.49. The van der Waals surface area contributed by atoms with Gasteiger partial charge in [-0.1, -0.05) is 60.3 Å². The number of thioether (sulfide) groups is 1. The maximum atomic E-state index is 12.8. The summed E-state index contributed by atoms with van der Waals surface area (Å²) < 4.78 is 0. The molecule has 100 valence electrons. The molecule has 0 saturated carbocycles. The minimum Gasteiger partial charge on any atom is -0.285 e. The third-order valence-corrected chi connectivity index (χ3v) is 4.91. The van der Waals surface area contributed by atoms with Crippen molar-refractivity contribution in [1.29, 1.82) is 0 Å². The van der Waals surface area contributed by atoms with E-state index < -0.39 is 5.41 Å². The molecule has 1 aliphatic carbocycles. The topological polar surface area (TPSA) is 17.1 Å². The van der Waals surface area contributed by atoms with E-state index >= 15 is 0 Å². The zero-order valence-electron chi connectivity index (χ0n) is 11.6. The first kappa shape index (κ1) is 13.2. The quantitative estimate of drug-likeness (QED) is 0.743. The van der Waals surface area contributed by atoms with E-state index in [9.17, 15) is 4.79 Å². The number of rotatable bonds is 2. The van der Waals surface area contributed by atoms with Gasteiger partial charge >= 0.3 is 0 Å². The van der Waals surface area contributed by atoms with Crippen LogP contribution in [0.25, 0.3) is 5.57 Å². The van der Waals surface area contributed by atoms with Crippen LogP contribution in [0.5, 0.6) is 0 Å². The Morgan fingerprint density at radius 2 is 1.65 bits per heavy atom. The van der Waals surface area contributed by atoms with Gasteiger partial charge < -0.3 is 0 Å².